The minimum absolute atomic E-state index is 0.0767. The van der Waals surface area contributed by atoms with Crippen molar-refractivity contribution in [3.05, 3.63) is 64.3 Å². The van der Waals surface area contributed by atoms with Crippen molar-refractivity contribution in [3.8, 4) is 16.2 Å². The highest BCUT2D eigenvalue weighted by Crippen LogP contribution is 2.44. The molecule has 1 amide bonds. The lowest BCUT2D eigenvalue weighted by Gasteiger charge is -2.36. The number of esters is 1. The number of amides is 1. The topological polar surface area (TPSA) is 68.7 Å². The number of halogens is 1. The van der Waals surface area contributed by atoms with Gasteiger partial charge < -0.3 is 14.4 Å². The Bertz CT molecular complexity index is 1440. The first-order valence-corrected chi connectivity index (χ1v) is 16.9. The Balaban J connectivity index is 1.19. The van der Waals surface area contributed by atoms with Gasteiger partial charge in [-0.1, -0.05) is 29.8 Å². The number of thiazole rings is 1. The number of methoxy groups -OCH3 is 2. The molecule has 0 saturated heterocycles. The number of carbonyl (C=O) groups is 2. The summed E-state index contributed by atoms with van der Waals surface area (Å²) in [4.78, 5) is 34.3. The molecular weight excluding hydrogens is 580 g/mol. The molecule has 2 aromatic carbocycles. The highest BCUT2D eigenvalue weighted by atomic mass is 35.5. The highest BCUT2D eigenvalue weighted by molar-refractivity contribution is 7.15. The van der Waals surface area contributed by atoms with E-state index in [1.165, 1.54) is 30.5 Å². The third kappa shape index (κ3) is 6.93. The molecule has 228 valence electrons. The number of hydrogen-bond acceptors (Lipinski definition) is 6. The lowest BCUT2D eigenvalue weighted by Crippen LogP contribution is -2.42. The van der Waals surface area contributed by atoms with Gasteiger partial charge in [0, 0.05) is 30.3 Å². The van der Waals surface area contributed by atoms with E-state index in [9.17, 15) is 9.59 Å². The summed E-state index contributed by atoms with van der Waals surface area (Å²) in [5, 5.41) is 1.89. The van der Waals surface area contributed by atoms with Crippen LogP contribution in [0.1, 0.15) is 86.6 Å². The van der Waals surface area contributed by atoms with Crippen molar-refractivity contribution < 1.29 is 19.1 Å². The first-order chi connectivity index (χ1) is 20.9. The van der Waals surface area contributed by atoms with E-state index in [1.807, 2.05) is 18.3 Å². The maximum Gasteiger partial charge on any atom is 0.308 e. The number of rotatable bonds is 9. The van der Waals surface area contributed by atoms with Gasteiger partial charge in [0.25, 0.3) is 0 Å². The second-order valence-electron chi connectivity index (χ2n) is 12.5. The Labute approximate surface area is 263 Å². The highest BCUT2D eigenvalue weighted by Gasteiger charge is 2.35. The number of hydrogen-bond donors (Lipinski definition) is 0. The smallest absolute Gasteiger partial charge is 0.308 e. The molecule has 6 nitrogen and oxygen atoms in total. The van der Waals surface area contributed by atoms with Gasteiger partial charge in [-0.15, -0.1) is 11.3 Å². The summed E-state index contributed by atoms with van der Waals surface area (Å²) < 4.78 is 10.3. The zero-order chi connectivity index (χ0) is 29.9. The van der Waals surface area contributed by atoms with Crippen molar-refractivity contribution in [1.82, 2.24) is 4.98 Å². The zero-order valence-corrected chi connectivity index (χ0v) is 26.7. The Hall–Kier alpha value is -2.90. The van der Waals surface area contributed by atoms with Crippen LogP contribution in [0.25, 0.3) is 10.4 Å². The Morgan fingerprint density at radius 3 is 2.30 bits per heavy atom. The number of benzene rings is 2. The Morgan fingerprint density at radius 1 is 0.907 bits per heavy atom. The summed E-state index contributed by atoms with van der Waals surface area (Å²) in [6.07, 6.45) is 11.6. The summed E-state index contributed by atoms with van der Waals surface area (Å²) in [5.41, 5.74) is 3.35. The summed E-state index contributed by atoms with van der Waals surface area (Å²) >= 11 is 8.22. The normalized spacial score (nSPS) is 23.9. The quantitative estimate of drug-likeness (QED) is 0.224. The van der Waals surface area contributed by atoms with E-state index in [2.05, 4.69) is 35.2 Å². The lowest BCUT2D eigenvalue weighted by atomic mass is 9.78. The lowest BCUT2D eigenvalue weighted by molar-refractivity contribution is -0.147. The molecule has 3 fully saturated rings. The van der Waals surface area contributed by atoms with Crippen LogP contribution < -0.4 is 9.64 Å². The SMILES string of the molecule is COc1ccc([C@H]2CC[C@H](CN(c3cccc(-c4cnc(C5CC5)s4)c3)C(=O)[C@H]3CC[C@H](C(=O)OC)CC3)CC2)cc1Cl. The maximum atomic E-state index is 14.2. The average molecular weight is 621 g/mol. The number of aromatic nitrogens is 1. The van der Waals surface area contributed by atoms with Crippen LogP contribution in [-0.4, -0.2) is 37.6 Å². The van der Waals surface area contributed by atoms with E-state index in [1.54, 1.807) is 18.4 Å². The van der Waals surface area contributed by atoms with E-state index in [-0.39, 0.29) is 23.7 Å². The molecule has 3 aliphatic carbocycles. The first-order valence-electron chi connectivity index (χ1n) is 15.7. The Morgan fingerprint density at radius 2 is 1.63 bits per heavy atom. The molecule has 6 rings (SSSR count). The van der Waals surface area contributed by atoms with Gasteiger partial charge in [0.15, 0.2) is 0 Å². The second-order valence-corrected chi connectivity index (χ2v) is 14.0. The predicted molar refractivity (Wildman–Crippen MR) is 172 cm³/mol. The van der Waals surface area contributed by atoms with Gasteiger partial charge in [0.1, 0.15) is 5.75 Å². The minimum Gasteiger partial charge on any atom is -0.495 e. The van der Waals surface area contributed by atoms with Gasteiger partial charge >= 0.3 is 5.97 Å². The van der Waals surface area contributed by atoms with Crippen LogP contribution in [0.2, 0.25) is 5.02 Å². The molecule has 3 aliphatic rings. The molecule has 0 unspecified atom stereocenters. The van der Waals surface area contributed by atoms with Crippen LogP contribution in [-0.2, 0) is 14.3 Å². The van der Waals surface area contributed by atoms with Gasteiger partial charge in [-0.05, 0) is 111 Å². The number of ether oxygens (including phenoxy) is 2. The van der Waals surface area contributed by atoms with Crippen LogP contribution in [0, 0.1) is 17.8 Å². The molecular formula is C35H41ClN2O4S. The second kappa shape index (κ2) is 13.4. The molecule has 0 N–H and O–H groups in total. The minimum atomic E-state index is -0.152. The van der Waals surface area contributed by atoms with Crippen LogP contribution in [0.5, 0.6) is 5.75 Å². The fourth-order valence-electron chi connectivity index (χ4n) is 6.93. The standard InChI is InChI=1S/C35H41ClN2O4S/c1-41-31-17-16-27(19-30(31)36)23-8-6-22(7-9-23)21-38(34(39)25-12-14-26(15-13-25)35(40)42-2)29-5-3-4-28(18-29)32-20-37-33(43-32)24-10-11-24/h3-5,16-20,22-26H,6-15,21H2,1-2H3/t22-,23-,25-,26-. The van der Waals surface area contributed by atoms with E-state index < -0.39 is 0 Å². The van der Waals surface area contributed by atoms with E-state index in [0.717, 1.165) is 54.7 Å². The van der Waals surface area contributed by atoms with Crippen molar-refractivity contribution in [2.45, 2.75) is 76.0 Å². The summed E-state index contributed by atoms with van der Waals surface area (Å²) in [6, 6.07) is 14.6. The van der Waals surface area contributed by atoms with Crippen molar-refractivity contribution in [2.75, 3.05) is 25.7 Å². The van der Waals surface area contributed by atoms with Crippen molar-refractivity contribution in [2.24, 2.45) is 17.8 Å². The molecule has 1 heterocycles. The molecule has 43 heavy (non-hydrogen) atoms. The van der Waals surface area contributed by atoms with Gasteiger partial charge in [0.2, 0.25) is 5.91 Å². The third-order valence-electron chi connectivity index (χ3n) is 9.70. The third-order valence-corrected chi connectivity index (χ3v) is 11.2. The molecule has 0 aliphatic heterocycles. The summed E-state index contributed by atoms with van der Waals surface area (Å²) in [6.45, 7) is 0.714. The molecule has 0 spiro atoms. The van der Waals surface area contributed by atoms with Gasteiger partial charge in [-0.2, -0.15) is 0 Å². The first kappa shape index (κ1) is 30.1. The molecule has 8 heteroatoms. The van der Waals surface area contributed by atoms with Gasteiger partial charge in [0.05, 0.1) is 35.0 Å². The van der Waals surface area contributed by atoms with Crippen molar-refractivity contribution >= 4 is 40.5 Å². The van der Waals surface area contributed by atoms with Crippen molar-refractivity contribution in [3.63, 3.8) is 0 Å². The Kier molecular flexibility index (Phi) is 9.39. The predicted octanol–water partition coefficient (Wildman–Crippen LogP) is 8.64. The van der Waals surface area contributed by atoms with E-state index in [0.29, 0.717) is 47.9 Å². The zero-order valence-electron chi connectivity index (χ0n) is 25.1. The monoisotopic (exact) mass is 620 g/mol. The largest absolute Gasteiger partial charge is 0.495 e. The molecule has 3 saturated carbocycles. The number of carbonyl (C=O) groups excluding carboxylic acids is 2. The summed E-state index contributed by atoms with van der Waals surface area (Å²) in [7, 11) is 3.09. The van der Waals surface area contributed by atoms with Crippen molar-refractivity contribution in [1.29, 1.82) is 0 Å². The van der Waals surface area contributed by atoms with Crippen LogP contribution >= 0.6 is 22.9 Å². The van der Waals surface area contributed by atoms with Gasteiger partial charge in [-0.3, -0.25) is 9.59 Å². The average Bonchev–Trinajstić information content (AvgIpc) is 3.79. The number of anilines is 1. The van der Waals surface area contributed by atoms with Crippen LogP contribution in [0.15, 0.2) is 48.7 Å². The molecule has 1 aromatic heterocycles. The maximum absolute atomic E-state index is 14.2. The molecule has 3 aromatic rings. The van der Waals surface area contributed by atoms with E-state index in [4.69, 9.17) is 26.1 Å². The fourth-order valence-corrected chi connectivity index (χ4v) is 8.28. The fraction of sp³-hybridized carbons (Fsp3) is 0.514. The summed E-state index contributed by atoms with van der Waals surface area (Å²) in [5.74, 6) is 2.09. The molecule has 0 radical (unpaired) electrons. The molecule has 0 atom stereocenters. The number of nitrogens with zero attached hydrogens (tertiary/aromatic N) is 2. The van der Waals surface area contributed by atoms with Gasteiger partial charge in [-0.25, -0.2) is 4.98 Å². The van der Waals surface area contributed by atoms with E-state index >= 15 is 0 Å². The molecule has 0 bridgehead atoms. The van der Waals surface area contributed by atoms with Crippen LogP contribution in [0.3, 0.4) is 0 Å². The van der Waals surface area contributed by atoms with Crippen LogP contribution in [0.4, 0.5) is 5.69 Å².